The number of halogens is 1. The topological polar surface area (TPSA) is 51.2 Å². The molecule has 3 nitrogen and oxygen atoms in total. The fraction of sp³-hybridized carbons (Fsp3) is 0. The van der Waals surface area contributed by atoms with Gasteiger partial charge in [-0.2, -0.15) is 0 Å². The van der Waals surface area contributed by atoms with Crippen LogP contribution in [0.5, 0.6) is 0 Å². The van der Waals surface area contributed by atoms with Crippen molar-refractivity contribution in [1.82, 2.24) is 0 Å². The Morgan fingerprint density at radius 3 is 1.54 bits per heavy atom. The maximum absolute atomic E-state index is 12.5. The van der Waals surface area contributed by atoms with Crippen LogP contribution in [0.4, 0.5) is 0 Å². The summed E-state index contributed by atoms with van der Waals surface area (Å²) in [6, 6.07) is 31.7. The van der Waals surface area contributed by atoms with Gasteiger partial charge in [0.25, 0.3) is 0 Å². The van der Waals surface area contributed by atoms with E-state index in [0.717, 1.165) is 27.5 Å². The van der Waals surface area contributed by atoms with E-state index in [1.165, 1.54) is 5.56 Å². The van der Waals surface area contributed by atoms with Crippen molar-refractivity contribution < 1.29 is 14.4 Å². The van der Waals surface area contributed by atoms with E-state index in [1.807, 2.05) is 42.5 Å². The van der Waals surface area contributed by atoms with Crippen LogP contribution < -0.4 is 0 Å². The van der Waals surface area contributed by atoms with Gasteiger partial charge in [-0.1, -0.05) is 109 Å². The first-order chi connectivity index (χ1) is 17.1. The summed E-state index contributed by atoms with van der Waals surface area (Å²) < 4.78 is 0. The van der Waals surface area contributed by atoms with Gasteiger partial charge in [0, 0.05) is 33.2 Å². The Balaban J connectivity index is 0.000000131. The molecule has 0 unspecified atom stereocenters. The summed E-state index contributed by atoms with van der Waals surface area (Å²) in [5.41, 5.74) is 5.43. The van der Waals surface area contributed by atoms with Crippen molar-refractivity contribution in [2.75, 3.05) is 0 Å². The Kier molecular flexibility index (Phi) is 4.94. The number of carbonyl (C=O) groups excluding carboxylic acids is 3. The lowest BCUT2D eigenvalue weighted by Gasteiger charge is -2.19. The van der Waals surface area contributed by atoms with Gasteiger partial charge in [0.05, 0.1) is 10.6 Å². The molecule has 2 aliphatic carbocycles. The normalized spacial score (nSPS) is 12.9. The predicted molar refractivity (Wildman–Crippen MR) is 138 cm³/mol. The molecular formula is C31H17ClO3. The van der Waals surface area contributed by atoms with Gasteiger partial charge in [-0.25, -0.2) is 0 Å². The van der Waals surface area contributed by atoms with Crippen LogP contribution in [0, 0.1) is 0 Å². The number of hydrogen-bond donors (Lipinski definition) is 0. The van der Waals surface area contributed by atoms with Gasteiger partial charge >= 0.3 is 0 Å². The summed E-state index contributed by atoms with van der Waals surface area (Å²) in [6.45, 7) is 0. The Hall–Kier alpha value is -4.34. The predicted octanol–water partition coefficient (Wildman–Crippen LogP) is 7.17. The Bertz CT molecular complexity index is 1710. The molecule has 0 heterocycles. The van der Waals surface area contributed by atoms with Crippen LogP contribution >= 0.6 is 11.6 Å². The molecule has 0 saturated heterocycles. The van der Waals surface area contributed by atoms with Crippen molar-refractivity contribution in [2.45, 2.75) is 0 Å². The molecular weight excluding hydrogens is 456 g/mol. The third-order valence-electron chi connectivity index (χ3n) is 6.51. The third-order valence-corrected chi connectivity index (χ3v) is 6.83. The molecule has 0 fully saturated rings. The number of rotatable bonds is 0. The summed E-state index contributed by atoms with van der Waals surface area (Å²) in [7, 11) is 0. The van der Waals surface area contributed by atoms with E-state index >= 15 is 0 Å². The molecule has 7 rings (SSSR count). The molecule has 35 heavy (non-hydrogen) atoms. The molecule has 5 aromatic rings. The Morgan fingerprint density at radius 2 is 0.857 bits per heavy atom. The molecule has 4 heteroatoms. The maximum atomic E-state index is 12.5. The van der Waals surface area contributed by atoms with Crippen molar-refractivity contribution in [2.24, 2.45) is 0 Å². The van der Waals surface area contributed by atoms with Crippen molar-refractivity contribution in [3.05, 3.63) is 142 Å². The van der Waals surface area contributed by atoms with Gasteiger partial charge in [-0.15, -0.1) is 0 Å². The molecule has 0 aliphatic heterocycles. The molecule has 5 aromatic carbocycles. The molecule has 0 saturated carbocycles. The minimum atomic E-state index is -0.180. The fourth-order valence-corrected chi connectivity index (χ4v) is 5.18. The highest BCUT2D eigenvalue weighted by Crippen LogP contribution is 2.39. The fourth-order valence-electron chi connectivity index (χ4n) is 4.92. The number of fused-ring (bicyclic) bond motifs is 4. The van der Waals surface area contributed by atoms with Gasteiger partial charge in [-0.3, -0.25) is 14.4 Å². The smallest absolute Gasteiger partial charge is 0.196 e. The van der Waals surface area contributed by atoms with Crippen molar-refractivity contribution in [1.29, 1.82) is 0 Å². The van der Waals surface area contributed by atoms with Gasteiger partial charge in [0.2, 0.25) is 0 Å². The highest BCUT2D eigenvalue weighted by molar-refractivity contribution is 6.39. The number of benzene rings is 5. The molecule has 0 atom stereocenters. The van der Waals surface area contributed by atoms with E-state index in [0.29, 0.717) is 27.3 Å². The van der Waals surface area contributed by atoms with E-state index in [4.69, 9.17) is 11.6 Å². The second kappa shape index (κ2) is 8.15. The standard InChI is InChI=1S/C17H10O.C14H7ClO2/c18-17-14-8-2-1-7-12(14)13-9-3-5-11-6-4-10-15(17)16(11)13;15-11-7-3-6-10-12(11)14(17)9-5-2-1-4-8(9)13(10)16/h1-10H;1-7H. The molecule has 166 valence electrons. The van der Waals surface area contributed by atoms with E-state index in [2.05, 4.69) is 18.2 Å². The van der Waals surface area contributed by atoms with Crippen molar-refractivity contribution in [3.63, 3.8) is 0 Å². The lowest BCUT2D eigenvalue weighted by atomic mass is 9.83. The lowest BCUT2D eigenvalue weighted by molar-refractivity contribution is 0.0979. The van der Waals surface area contributed by atoms with Crippen LogP contribution in [0.3, 0.4) is 0 Å². The highest BCUT2D eigenvalue weighted by atomic mass is 35.5. The molecule has 0 N–H and O–H groups in total. The summed E-state index contributed by atoms with van der Waals surface area (Å²) >= 11 is 6.00. The summed E-state index contributed by atoms with van der Waals surface area (Å²) in [5, 5.41) is 2.55. The first-order valence-corrected chi connectivity index (χ1v) is 11.6. The summed E-state index contributed by atoms with van der Waals surface area (Å²) in [5.74, 6) is -0.187. The van der Waals surface area contributed by atoms with Crippen molar-refractivity contribution in [3.8, 4) is 11.1 Å². The second-order valence-electron chi connectivity index (χ2n) is 8.45. The Morgan fingerprint density at radius 1 is 0.400 bits per heavy atom. The Labute approximate surface area is 206 Å². The molecule has 0 amide bonds. The van der Waals surface area contributed by atoms with E-state index in [9.17, 15) is 14.4 Å². The minimum Gasteiger partial charge on any atom is -0.289 e. The molecule has 0 bridgehead atoms. The van der Waals surface area contributed by atoms with Crippen LogP contribution in [0.25, 0.3) is 21.9 Å². The van der Waals surface area contributed by atoms with E-state index in [-0.39, 0.29) is 17.3 Å². The van der Waals surface area contributed by atoms with Crippen LogP contribution in [0.15, 0.2) is 103 Å². The lowest BCUT2D eigenvalue weighted by Crippen LogP contribution is -2.21. The number of ketones is 3. The SMILES string of the molecule is O=C1c2ccccc2-c2cccc3cccc1c23.O=C1c2ccccc2C(=O)c2c(Cl)cccc21. The number of carbonyl (C=O) groups is 3. The molecule has 0 radical (unpaired) electrons. The zero-order chi connectivity index (χ0) is 24.1. The minimum absolute atomic E-state index is 0.134. The van der Waals surface area contributed by atoms with Gasteiger partial charge < -0.3 is 0 Å². The van der Waals surface area contributed by atoms with Crippen LogP contribution in [-0.4, -0.2) is 17.3 Å². The zero-order valence-corrected chi connectivity index (χ0v) is 19.2. The molecule has 0 aromatic heterocycles. The first kappa shape index (κ1) is 21.2. The average Bonchev–Trinajstić information content (AvgIpc) is 2.90. The summed E-state index contributed by atoms with van der Waals surface area (Å²) in [6.07, 6.45) is 0. The van der Waals surface area contributed by atoms with Crippen LogP contribution in [0.2, 0.25) is 5.02 Å². The molecule has 0 spiro atoms. The zero-order valence-electron chi connectivity index (χ0n) is 18.4. The first-order valence-electron chi connectivity index (χ1n) is 11.2. The monoisotopic (exact) mass is 472 g/mol. The maximum Gasteiger partial charge on any atom is 0.196 e. The van der Waals surface area contributed by atoms with Gasteiger partial charge in [0.1, 0.15) is 0 Å². The highest BCUT2D eigenvalue weighted by Gasteiger charge is 2.30. The van der Waals surface area contributed by atoms with Gasteiger partial charge in [0.15, 0.2) is 17.3 Å². The van der Waals surface area contributed by atoms with E-state index in [1.54, 1.807) is 42.5 Å². The van der Waals surface area contributed by atoms with Gasteiger partial charge in [-0.05, 0) is 22.6 Å². The summed E-state index contributed by atoms with van der Waals surface area (Å²) in [4.78, 5) is 36.9. The van der Waals surface area contributed by atoms with Crippen molar-refractivity contribution >= 4 is 39.7 Å². The molecule has 2 aliphatic rings. The average molecular weight is 473 g/mol. The third kappa shape index (κ3) is 3.24. The number of hydrogen-bond acceptors (Lipinski definition) is 3. The van der Waals surface area contributed by atoms with Crippen LogP contribution in [-0.2, 0) is 0 Å². The quantitative estimate of drug-likeness (QED) is 0.235. The second-order valence-corrected chi connectivity index (χ2v) is 8.86. The van der Waals surface area contributed by atoms with Crippen LogP contribution in [0.1, 0.15) is 47.8 Å². The van der Waals surface area contributed by atoms with E-state index < -0.39 is 0 Å². The largest absolute Gasteiger partial charge is 0.289 e.